The number of hydrogen-bond donors (Lipinski definition) is 1. The number of aryl methyl sites for hydroxylation is 1. The van der Waals surface area contributed by atoms with Crippen LogP contribution in [0.25, 0.3) is 11.3 Å². The van der Waals surface area contributed by atoms with Gasteiger partial charge in [-0.2, -0.15) is 5.10 Å². The summed E-state index contributed by atoms with van der Waals surface area (Å²) >= 11 is 9.62. The molecule has 1 aromatic carbocycles. The molecular formula is C11H11BrClN3O. The van der Waals surface area contributed by atoms with Crippen LogP contribution in [0.1, 0.15) is 0 Å². The van der Waals surface area contributed by atoms with Crippen molar-refractivity contribution in [3.05, 3.63) is 27.7 Å². The monoisotopic (exact) mass is 315 g/mol. The lowest BCUT2D eigenvalue weighted by atomic mass is 10.1. The Bertz CT molecular complexity index is 568. The van der Waals surface area contributed by atoms with Gasteiger partial charge in [0.25, 0.3) is 0 Å². The molecule has 0 aliphatic rings. The second-order valence-corrected chi connectivity index (χ2v) is 4.72. The maximum atomic E-state index is 6.21. The molecule has 0 unspecified atom stereocenters. The molecule has 0 fully saturated rings. The first-order chi connectivity index (χ1) is 8.04. The normalized spacial score (nSPS) is 10.6. The maximum absolute atomic E-state index is 6.21. The van der Waals surface area contributed by atoms with Gasteiger partial charge in [-0.05, 0) is 34.1 Å². The smallest absolute Gasteiger partial charge is 0.160 e. The van der Waals surface area contributed by atoms with E-state index in [2.05, 4.69) is 21.0 Å². The Kier molecular flexibility index (Phi) is 3.31. The third kappa shape index (κ3) is 2.12. The number of anilines is 1. The highest BCUT2D eigenvalue weighted by Crippen LogP contribution is 2.37. The molecule has 6 heteroatoms. The molecule has 4 nitrogen and oxygen atoms in total. The van der Waals surface area contributed by atoms with Crippen molar-refractivity contribution in [1.29, 1.82) is 0 Å². The Morgan fingerprint density at radius 1 is 1.47 bits per heavy atom. The number of benzene rings is 1. The molecule has 0 bridgehead atoms. The number of nitrogen functional groups attached to an aromatic ring is 1. The van der Waals surface area contributed by atoms with Crippen LogP contribution < -0.4 is 10.5 Å². The Balaban J connectivity index is 2.60. The fourth-order valence-corrected chi connectivity index (χ4v) is 2.44. The molecule has 0 amide bonds. The third-order valence-electron chi connectivity index (χ3n) is 2.45. The number of hydrogen-bond acceptors (Lipinski definition) is 3. The first-order valence-electron chi connectivity index (χ1n) is 4.86. The number of aromatic nitrogens is 2. The molecule has 1 heterocycles. The number of ether oxygens (including phenoxy) is 1. The maximum Gasteiger partial charge on any atom is 0.160 e. The van der Waals surface area contributed by atoms with Gasteiger partial charge in [0, 0.05) is 12.6 Å². The van der Waals surface area contributed by atoms with Crippen LogP contribution >= 0.6 is 27.5 Å². The highest BCUT2D eigenvalue weighted by Gasteiger charge is 2.16. The number of nitrogens with zero attached hydrogens (tertiary/aromatic N) is 2. The molecule has 0 aliphatic heterocycles. The highest BCUT2D eigenvalue weighted by atomic mass is 79.9. The van der Waals surface area contributed by atoms with Crippen molar-refractivity contribution in [2.45, 2.75) is 0 Å². The van der Waals surface area contributed by atoms with Gasteiger partial charge < -0.3 is 10.5 Å². The standard InChI is InChI=1S/C11H11BrClN3O/c1-16-10(9(12)11(14)15-16)7-4-3-6(17-2)5-8(7)13/h3-5H,1-2H3,(H2,14,15). The summed E-state index contributed by atoms with van der Waals surface area (Å²) in [6.07, 6.45) is 0. The fourth-order valence-electron chi connectivity index (χ4n) is 1.63. The lowest BCUT2D eigenvalue weighted by molar-refractivity contribution is 0.415. The van der Waals surface area contributed by atoms with Crippen LogP contribution in [0.2, 0.25) is 5.02 Å². The Morgan fingerprint density at radius 3 is 2.65 bits per heavy atom. The summed E-state index contributed by atoms with van der Waals surface area (Å²) in [5.41, 5.74) is 7.43. The number of nitrogens with two attached hydrogens (primary N) is 1. The number of rotatable bonds is 2. The largest absolute Gasteiger partial charge is 0.497 e. The van der Waals surface area contributed by atoms with E-state index in [0.717, 1.165) is 15.7 Å². The van der Waals surface area contributed by atoms with E-state index in [4.69, 9.17) is 22.1 Å². The Labute approximate surface area is 112 Å². The van der Waals surface area contributed by atoms with Crippen LogP contribution in [0.5, 0.6) is 5.75 Å². The average Bonchev–Trinajstić information content (AvgIpc) is 2.54. The molecular weight excluding hydrogens is 305 g/mol. The summed E-state index contributed by atoms with van der Waals surface area (Å²) in [5, 5.41) is 4.72. The van der Waals surface area contributed by atoms with E-state index in [0.29, 0.717) is 16.6 Å². The van der Waals surface area contributed by atoms with Crippen molar-refractivity contribution in [2.75, 3.05) is 12.8 Å². The fraction of sp³-hybridized carbons (Fsp3) is 0.182. The quantitative estimate of drug-likeness (QED) is 0.926. The molecule has 0 atom stereocenters. The minimum absolute atomic E-state index is 0.439. The SMILES string of the molecule is COc1ccc(-c2c(Br)c(N)nn2C)c(Cl)c1. The lowest BCUT2D eigenvalue weighted by Gasteiger charge is -2.07. The molecule has 0 aliphatic carbocycles. The van der Waals surface area contributed by atoms with Crippen molar-refractivity contribution < 1.29 is 4.74 Å². The second-order valence-electron chi connectivity index (χ2n) is 3.52. The molecule has 0 spiro atoms. The van der Waals surface area contributed by atoms with Crippen LogP contribution in [0.15, 0.2) is 22.7 Å². The summed E-state index contributed by atoms with van der Waals surface area (Å²) in [6.45, 7) is 0. The second kappa shape index (κ2) is 4.58. The molecule has 0 radical (unpaired) electrons. The van der Waals surface area contributed by atoms with Gasteiger partial charge in [0.1, 0.15) is 5.75 Å². The van der Waals surface area contributed by atoms with Crippen LogP contribution in [-0.2, 0) is 7.05 Å². The Hall–Kier alpha value is -1.20. The van der Waals surface area contributed by atoms with E-state index < -0.39 is 0 Å². The molecule has 0 saturated heterocycles. The van der Waals surface area contributed by atoms with Crippen molar-refractivity contribution in [2.24, 2.45) is 7.05 Å². The van der Waals surface area contributed by atoms with Gasteiger partial charge in [-0.3, -0.25) is 4.68 Å². The number of methoxy groups -OCH3 is 1. The van der Waals surface area contributed by atoms with Crippen molar-refractivity contribution >= 4 is 33.3 Å². The summed E-state index contributed by atoms with van der Waals surface area (Å²) < 4.78 is 7.54. The molecule has 1 aromatic heterocycles. The molecule has 2 N–H and O–H groups in total. The van der Waals surface area contributed by atoms with Crippen LogP contribution in [-0.4, -0.2) is 16.9 Å². The van der Waals surface area contributed by atoms with Gasteiger partial charge in [0.05, 0.1) is 22.3 Å². The predicted octanol–water partition coefficient (Wildman–Crippen LogP) is 3.09. The van der Waals surface area contributed by atoms with Gasteiger partial charge in [-0.1, -0.05) is 11.6 Å². The molecule has 90 valence electrons. The van der Waals surface area contributed by atoms with Gasteiger partial charge >= 0.3 is 0 Å². The van der Waals surface area contributed by atoms with E-state index in [9.17, 15) is 0 Å². The average molecular weight is 317 g/mol. The zero-order chi connectivity index (χ0) is 12.6. The summed E-state index contributed by atoms with van der Waals surface area (Å²) in [7, 11) is 3.42. The molecule has 0 saturated carbocycles. The highest BCUT2D eigenvalue weighted by molar-refractivity contribution is 9.10. The van der Waals surface area contributed by atoms with Crippen molar-refractivity contribution in [1.82, 2.24) is 9.78 Å². The van der Waals surface area contributed by atoms with Gasteiger partial charge in [-0.15, -0.1) is 0 Å². The summed E-state index contributed by atoms with van der Waals surface area (Å²) in [6, 6.07) is 5.48. The van der Waals surface area contributed by atoms with Crippen LogP contribution in [0.4, 0.5) is 5.82 Å². The van der Waals surface area contributed by atoms with Gasteiger partial charge in [-0.25, -0.2) is 0 Å². The van der Waals surface area contributed by atoms with Crippen molar-refractivity contribution in [3.8, 4) is 17.0 Å². The molecule has 2 aromatic rings. The van der Waals surface area contributed by atoms with Gasteiger partial charge in [0.2, 0.25) is 0 Å². The topological polar surface area (TPSA) is 53.1 Å². The zero-order valence-electron chi connectivity index (χ0n) is 9.37. The van der Waals surface area contributed by atoms with Crippen LogP contribution in [0.3, 0.4) is 0 Å². The minimum Gasteiger partial charge on any atom is -0.497 e. The van der Waals surface area contributed by atoms with Crippen LogP contribution in [0, 0.1) is 0 Å². The molecule has 2 rings (SSSR count). The van der Waals surface area contributed by atoms with E-state index in [1.165, 1.54) is 0 Å². The minimum atomic E-state index is 0.439. The third-order valence-corrected chi connectivity index (χ3v) is 3.54. The van der Waals surface area contributed by atoms with E-state index in [-0.39, 0.29) is 0 Å². The van der Waals surface area contributed by atoms with Crippen molar-refractivity contribution in [3.63, 3.8) is 0 Å². The Morgan fingerprint density at radius 2 is 2.18 bits per heavy atom. The van der Waals surface area contributed by atoms with E-state index in [1.54, 1.807) is 17.9 Å². The van der Waals surface area contributed by atoms with E-state index >= 15 is 0 Å². The van der Waals surface area contributed by atoms with Gasteiger partial charge in [0.15, 0.2) is 5.82 Å². The first kappa shape index (κ1) is 12.3. The zero-order valence-corrected chi connectivity index (χ0v) is 11.7. The van der Waals surface area contributed by atoms with E-state index in [1.807, 2.05) is 19.2 Å². The lowest BCUT2D eigenvalue weighted by Crippen LogP contribution is -1.95. The molecule has 17 heavy (non-hydrogen) atoms. The summed E-state index contributed by atoms with van der Waals surface area (Å²) in [5.74, 6) is 1.15. The predicted molar refractivity (Wildman–Crippen MR) is 72.3 cm³/mol. The first-order valence-corrected chi connectivity index (χ1v) is 6.03. The summed E-state index contributed by atoms with van der Waals surface area (Å²) in [4.78, 5) is 0. The number of halogens is 2.